The Balaban J connectivity index is 1.25. The van der Waals surface area contributed by atoms with E-state index in [1.807, 2.05) is 40.9 Å². The van der Waals surface area contributed by atoms with Crippen LogP contribution in [0.25, 0.3) is 11.6 Å². The molecule has 3 fully saturated rings. The Morgan fingerprint density at radius 2 is 1.91 bits per heavy atom. The molecule has 1 saturated heterocycles. The Morgan fingerprint density at radius 3 is 2.58 bits per heavy atom. The Kier molecular flexibility index (Phi) is 7.70. The Labute approximate surface area is 268 Å². The van der Waals surface area contributed by atoms with Crippen LogP contribution in [0.4, 0.5) is 4.79 Å². The Hall–Kier alpha value is -3.73. The van der Waals surface area contributed by atoms with Crippen LogP contribution >= 0.6 is 11.6 Å². The van der Waals surface area contributed by atoms with Gasteiger partial charge in [0.25, 0.3) is 5.91 Å². The number of carbonyl (C=O) groups is 2. The summed E-state index contributed by atoms with van der Waals surface area (Å²) in [6.45, 7) is 5.07. The number of ether oxygens (including phenoxy) is 2. The molecule has 236 valence electrons. The highest BCUT2D eigenvalue weighted by molar-refractivity contribution is 6.30. The Morgan fingerprint density at radius 1 is 1.13 bits per heavy atom. The van der Waals surface area contributed by atoms with E-state index in [9.17, 15) is 9.59 Å². The summed E-state index contributed by atoms with van der Waals surface area (Å²) < 4.78 is 13.2. The summed E-state index contributed by atoms with van der Waals surface area (Å²) in [5.74, 6) is -0.147. The van der Waals surface area contributed by atoms with Gasteiger partial charge in [0.15, 0.2) is 0 Å². The average molecular weight is 631 g/mol. The lowest BCUT2D eigenvalue weighted by Gasteiger charge is -2.39. The molecule has 4 aliphatic rings. The number of imidazole rings is 1. The lowest BCUT2D eigenvalue weighted by atomic mass is 9.89. The lowest BCUT2D eigenvalue weighted by molar-refractivity contribution is -0.134. The second-order valence-corrected chi connectivity index (χ2v) is 13.6. The summed E-state index contributed by atoms with van der Waals surface area (Å²) in [5, 5.41) is 3.91. The third kappa shape index (κ3) is 5.75. The van der Waals surface area contributed by atoms with Gasteiger partial charge in [0.05, 0.1) is 42.6 Å². The molecule has 2 amide bonds. The zero-order valence-corrected chi connectivity index (χ0v) is 26.7. The van der Waals surface area contributed by atoms with Crippen molar-refractivity contribution in [1.29, 1.82) is 0 Å². The van der Waals surface area contributed by atoms with Crippen LogP contribution in [0, 0.1) is 5.41 Å². The van der Waals surface area contributed by atoms with Crippen molar-refractivity contribution in [3.8, 4) is 0 Å². The van der Waals surface area contributed by atoms with Crippen LogP contribution in [0.5, 0.6) is 0 Å². The van der Waals surface area contributed by atoms with Crippen LogP contribution in [0.1, 0.15) is 72.8 Å². The molecule has 0 radical (unpaired) electrons. The quantitative estimate of drug-likeness (QED) is 0.374. The number of fused-ring (bicyclic) bond motifs is 2. The zero-order chi connectivity index (χ0) is 31.3. The second-order valence-electron chi connectivity index (χ2n) is 13.1. The van der Waals surface area contributed by atoms with E-state index in [2.05, 4.69) is 40.3 Å². The van der Waals surface area contributed by atoms with E-state index in [1.165, 1.54) is 0 Å². The third-order valence-electron chi connectivity index (χ3n) is 9.89. The first-order valence-electron chi connectivity index (χ1n) is 15.6. The predicted octanol–water partition coefficient (Wildman–Crippen LogP) is 5.00. The van der Waals surface area contributed by atoms with Crippen molar-refractivity contribution in [2.75, 3.05) is 39.9 Å². The number of carbonyl (C=O) groups excluding carboxylic acids is 2. The molecule has 1 aromatic carbocycles. The number of methoxy groups -OCH3 is 1. The number of rotatable bonds is 8. The van der Waals surface area contributed by atoms with Gasteiger partial charge in [-0.1, -0.05) is 30.7 Å². The number of hydrogen-bond acceptors (Lipinski definition) is 7. The van der Waals surface area contributed by atoms with Crippen LogP contribution in [-0.2, 0) is 21.3 Å². The number of piperazine rings is 1. The average Bonchev–Trinajstić information content (AvgIpc) is 3.97. The molecular weight excluding hydrogens is 592 g/mol. The third-order valence-corrected chi connectivity index (χ3v) is 10.1. The minimum Gasteiger partial charge on any atom is -0.449 e. The van der Waals surface area contributed by atoms with Gasteiger partial charge in [-0.05, 0) is 72.2 Å². The molecule has 2 aromatic heterocycles. The SMILES string of the molecule is COC1(C(=O)NC(C2=Cc3cccnc3C(N3CCN(C(=O)OCC4(C)CC4)CC3)c3ccc(Cl)cc32)c2cncn2C)CC1. The molecule has 0 bridgehead atoms. The van der Waals surface area contributed by atoms with Gasteiger partial charge in [-0.25, -0.2) is 9.78 Å². The summed E-state index contributed by atoms with van der Waals surface area (Å²) in [6.07, 6.45) is 10.8. The highest BCUT2D eigenvalue weighted by atomic mass is 35.5. The van der Waals surface area contributed by atoms with Crippen LogP contribution in [0.2, 0.25) is 5.02 Å². The van der Waals surface area contributed by atoms with Crippen LogP contribution in [-0.4, -0.2) is 81.8 Å². The number of nitrogens with one attached hydrogen (secondary N) is 1. The molecule has 2 unspecified atom stereocenters. The maximum Gasteiger partial charge on any atom is 0.409 e. The van der Waals surface area contributed by atoms with Gasteiger partial charge < -0.3 is 24.3 Å². The monoisotopic (exact) mass is 630 g/mol. The zero-order valence-electron chi connectivity index (χ0n) is 26.0. The number of pyridine rings is 1. The molecule has 1 N–H and O–H groups in total. The van der Waals surface area contributed by atoms with Crippen LogP contribution in [0.15, 0.2) is 49.1 Å². The van der Waals surface area contributed by atoms with E-state index < -0.39 is 11.6 Å². The molecule has 7 rings (SSSR count). The van der Waals surface area contributed by atoms with E-state index in [0.717, 1.165) is 46.5 Å². The highest BCUT2D eigenvalue weighted by Gasteiger charge is 2.51. The predicted molar refractivity (Wildman–Crippen MR) is 170 cm³/mol. The molecule has 45 heavy (non-hydrogen) atoms. The maximum atomic E-state index is 13.6. The standard InChI is InChI=1S/C34H39ClN6O4/c1-33(8-9-33)20-45-32(43)41-15-13-40(14-16-41)30-24-7-6-23(35)18-25(24)26(17-22-5-4-12-37-28(22)30)29(27-19-36-21-39(27)2)38-31(42)34(44-3)10-11-34/h4-7,12,17-19,21,29-30H,8-11,13-16,20H2,1-3H3,(H,38,42). The molecular formula is C34H39ClN6O4. The lowest BCUT2D eigenvalue weighted by Crippen LogP contribution is -2.50. The van der Waals surface area contributed by atoms with E-state index >= 15 is 0 Å². The number of amides is 2. The molecule has 3 aromatic rings. The van der Waals surface area contributed by atoms with Gasteiger partial charge in [0.2, 0.25) is 0 Å². The van der Waals surface area contributed by atoms with Gasteiger partial charge >= 0.3 is 6.09 Å². The van der Waals surface area contributed by atoms with E-state index in [1.54, 1.807) is 19.6 Å². The number of aromatic nitrogens is 3. The van der Waals surface area contributed by atoms with Crippen molar-refractivity contribution in [3.63, 3.8) is 0 Å². The Bertz CT molecular complexity index is 1650. The van der Waals surface area contributed by atoms with Crippen molar-refractivity contribution < 1.29 is 19.1 Å². The molecule has 11 heteroatoms. The van der Waals surface area contributed by atoms with E-state index in [-0.39, 0.29) is 23.5 Å². The summed E-state index contributed by atoms with van der Waals surface area (Å²) in [4.78, 5) is 40.0. The van der Waals surface area contributed by atoms with Gasteiger partial charge in [-0.3, -0.25) is 14.7 Å². The minimum absolute atomic E-state index is 0.147. The van der Waals surface area contributed by atoms with Gasteiger partial charge in [0.1, 0.15) is 5.60 Å². The van der Waals surface area contributed by atoms with Crippen molar-refractivity contribution in [2.24, 2.45) is 12.5 Å². The maximum absolute atomic E-state index is 13.6. The van der Waals surface area contributed by atoms with Crippen molar-refractivity contribution in [1.82, 2.24) is 29.7 Å². The molecule has 0 spiro atoms. The fraction of sp³-hybridized carbons (Fsp3) is 0.471. The highest BCUT2D eigenvalue weighted by Crippen LogP contribution is 2.46. The summed E-state index contributed by atoms with van der Waals surface area (Å²) in [6, 6.07) is 9.23. The first-order valence-corrected chi connectivity index (χ1v) is 16.0. The summed E-state index contributed by atoms with van der Waals surface area (Å²) in [7, 11) is 3.51. The number of aryl methyl sites for hydroxylation is 1. The molecule has 3 heterocycles. The van der Waals surface area contributed by atoms with Crippen molar-refractivity contribution in [3.05, 3.63) is 82.2 Å². The van der Waals surface area contributed by atoms with Crippen molar-refractivity contribution in [2.45, 2.75) is 50.3 Å². The number of hydrogen-bond donors (Lipinski definition) is 1. The van der Waals surface area contributed by atoms with Gasteiger partial charge in [0, 0.05) is 57.0 Å². The molecule has 10 nitrogen and oxygen atoms in total. The van der Waals surface area contributed by atoms with E-state index in [4.69, 9.17) is 26.1 Å². The van der Waals surface area contributed by atoms with Gasteiger partial charge in [-0.2, -0.15) is 0 Å². The fourth-order valence-corrected chi connectivity index (χ4v) is 6.67. The molecule has 3 aliphatic carbocycles. The van der Waals surface area contributed by atoms with Crippen LogP contribution in [0.3, 0.4) is 0 Å². The molecule has 2 saturated carbocycles. The van der Waals surface area contributed by atoms with E-state index in [0.29, 0.717) is 50.7 Å². The van der Waals surface area contributed by atoms with Crippen molar-refractivity contribution >= 4 is 35.3 Å². The largest absolute Gasteiger partial charge is 0.449 e. The minimum atomic E-state index is -0.807. The smallest absolute Gasteiger partial charge is 0.409 e. The normalized spacial score (nSPS) is 21.9. The first kappa shape index (κ1) is 30.0. The number of halogens is 1. The first-order chi connectivity index (χ1) is 21.7. The topological polar surface area (TPSA) is 102 Å². The fourth-order valence-electron chi connectivity index (χ4n) is 6.50. The van der Waals surface area contributed by atoms with Crippen LogP contribution < -0.4 is 5.32 Å². The second kappa shape index (κ2) is 11.6. The molecule has 1 aliphatic heterocycles. The summed E-state index contributed by atoms with van der Waals surface area (Å²) >= 11 is 6.69. The van der Waals surface area contributed by atoms with Gasteiger partial charge in [-0.15, -0.1) is 0 Å². The number of benzene rings is 1. The number of nitrogens with zero attached hydrogens (tertiary/aromatic N) is 5. The summed E-state index contributed by atoms with van der Waals surface area (Å²) in [5.41, 5.74) is 4.91. The molecule has 2 atom stereocenters.